The zero-order chi connectivity index (χ0) is 24.6. The van der Waals surface area contributed by atoms with Crippen LogP contribution in [0.1, 0.15) is 49.1 Å². The Kier molecular flexibility index (Phi) is 6.23. The average molecular weight is 479 g/mol. The number of carboxylic acid groups (broad SMARTS) is 1. The largest absolute Gasteiger partial charge is 0.479 e. The number of carboxylic acids is 1. The van der Waals surface area contributed by atoms with Gasteiger partial charge in [-0.05, 0) is 34.6 Å². The molecule has 0 aromatic heterocycles. The van der Waals surface area contributed by atoms with E-state index in [9.17, 15) is 24.6 Å². The average Bonchev–Trinajstić information content (AvgIpc) is 3.63. The Labute approximate surface area is 203 Å². The van der Waals surface area contributed by atoms with E-state index < -0.39 is 23.7 Å². The summed E-state index contributed by atoms with van der Waals surface area (Å²) in [6.07, 6.45) is 1.88. The number of hydrogen-bond acceptors (Lipinski definition) is 5. The fourth-order valence-corrected chi connectivity index (χ4v) is 5.22. The van der Waals surface area contributed by atoms with Crippen molar-refractivity contribution in [2.75, 3.05) is 19.7 Å². The second-order valence-electron chi connectivity index (χ2n) is 9.86. The Balaban J connectivity index is 1.22. The molecule has 8 nitrogen and oxygen atoms in total. The first kappa shape index (κ1) is 23.4. The number of carbonyl (C=O) groups is 3. The number of rotatable bonds is 7. The van der Waals surface area contributed by atoms with E-state index in [0.29, 0.717) is 12.3 Å². The highest BCUT2D eigenvalue weighted by molar-refractivity contribution is 5.86. The number of alkyl carbamates (subject to hydrolysis) is 1. The minimum atomic E-state index is -1.80. The van der Waals surface area contributed by atoms with Gasteiger partial charge in [-0.25, -0.2) is 9.59 Å². The first-order valence-electron chi connectivity index (χ1n) is 12.2. The smallest absolute Gasteiger partial charge is 0.407 e. The standard InChI is InChI=1S/C27H30N2O6/c30-24(29-13-11-27(34,12-14-29)25(31)32)23(15-17-9-10-17)28-26(33)35-16-22-20-7-3-1-5-18(20)19-6-2-4-8-21(19)22/h1-8,17,22-23,34H,9-16H2,(H,28,33)(H,31,32). The molecule has 184 valence electrons. The summed E-state index contributed by atoms with van der Waals surface area (Å²) < 4.78 is 5.64. The highest BCUT2D eigenvalue weighted by atomic mass is 16.5. The number of nitrogens with one attached hydrogen (secondary N) is 1. The molecule has 0 spiro atoms. The summed E-state index contributed by atoms with van der Waals surface area (Å²) in [5.41, 5.74) is 2.72. The van der Waals surface area contributed by atoms with Gasteiger partial charge >= 0.3 is 12.1 Å². The van der Waals surface area contributed by atoms with Crippen LogP contribution in [0.5, 0.6) is 0 Å². The van der Waals surface area contributed by atoms with Crippen molar-refractivity contribution in [3.8, 4) is 11.1 Å². The van der Waals surface area contributed by atoms with Crippen LogP contribution in [0.3, 0.4) is 0 Å². The van der Waals surface area contributed by atoms with Crippen LogP contribution in [0.2, 0.25) is 0 Å². The normalized spacial score (nSPS) is 19.4. The quantitative estimate of drug-likeness (QED) is 0.563. The summed E-state index contributed by atoms with van der Waals surface area (Å²) >= 11 is 0. The number of nitrogens with zero attached hydrogens (tertiary/aromatic N) is 1. The number of aliphatic hydroxyl groups is 1. The van der Waals surface area contributed by atoms with Crippen molar-refractivity contribution in [3.63, 3.8) is 0 Å². The molecule has 0 radical (unpaired) electrons. The molecular weight excluding hydrogens is 448 g/mol. The lowest BCUT2D eigenvalue weighted by atomic mass is 9.91. The number of ether oxygens (including phenoxy) is 1. The second kappa shape index (κ2) is 9.34. The number of carbonyl (C=O) groups excluding carboxylic acids is 2. The first-order chi connectivity index (χ1) is 16.9. The van der Waals surface area contributed by atoms with Gasteiger partial charge in [0.1, 0.15) is 12.6 Å². The van der Waals surface area contributed by atoms with E-state index >= 15 is 0 Å². The van der Waals surface area contributed by atoms with Gasteiger partial charge in [-0.15, -0.1) is 0 Å². The van der Waals surface area contributed by atoms with E-state index in [0.717, 1.165) is 35.1 Å². The summed E-state index contributed by atoms with van der Waals surface area (Å²) in [6.45, 7) is 0.434. The zero-order valence-corrected chi connectivity index (χ0v) is 19.5. The number of hydrogen-bond donors (Lipinski definition) is 3. The van der Waals surface area contributed by atoms with E-state index in [1.807, 2.05) is 24.3 Å². The SMILES string of the molecule is O=C(NC(CC1CC1)C(=O)N1CCC(O)(C(=O)O)CC1)OCC1c2ccccc2-c2ccccc21. The molecule has 2 amide bonds. The number of likely N-dealkylation sites (tertiary alicyclic amines) is 1. The lowest BCUT2D eigenvalue weighted by Crippen LogP contribution is -2.55. The van der Waals surface area contributed by atoms with Crippen molar-refractivity contribution < 1.29 is 29.3 Å². The fraction of sp³-hybridized carbons (Fsp3) is 0.444. The molecular formula is C27H30N2O6. The molecule has 35 heavy (non-hydrogen) atoms. The molecule has 1 heterocycles. The third-order valence-electron chi connectivity index (χ3n) is 7.50. The van der Waals surface area contributed by atoms with Crippen LogP contribution in [-0.4, -0.2) is 64.4 Å². The summed E-state index contributed by atoms with van der Waals surface area (Å²) in [5.74, 6) is -1.20. The molecule has 1 aliphatic heterocycles. The number of fused-ring (bicyclic) bond motifs is 3. The van der Waals surface area contributed by atoms with Crippen LogP contribution in [0.25, 0.3) is 11.1 Å². The third kappa shape index (κ3) is 4.75. The van der Waals surface area contributed by atoms with E-state index in [2.05, 4.69) is 29.6 Å². The van der Waals surface area contributed by atoms with Crippen LogP contribution in [-0.2, 0) is 14.3 Å². The number of piperidine rings is 1. The van der Waals surface area contributed by atoms with E-state index in [-0.39, 0.29) is 44.4 Å². The van der Waals surface area contributed by atoms with Gasteiger partial charge in [0.05, 0.1) is 0 Å². The highest BCUT2D eigenvalue weighted by Gasteiger charge is 2.42. The minimum Gasteiger partial charge on any atom is -0.479 e. The van der Waals surface area contributed by atoms with E-state index in [1.54, 1.807) is 0 Å². The topological polar surface area (TPSA) is 116 Å². The Hall–Kier alpha value is -3.39. The Morgan fingerprint density at radius 2 is 1.57 bits per heavy atom. The van der Waals surface area contributed by atoms with Crippen molar-refractivity contribution >= 4 is 18.0 Å². The molecule has 8 heteroatoms. The molecule has 5 rings (SSSR count). The molecule has 0 bridgehead atoms. The Morgan fingerprint density at radius 3 is 2.11 bits per heavy atom. The van der Waals surface area contributed by atoms with Crippen LogP contribution in [0, 0.1) is 5.92 Å². The van der Waals surface area contributed by atoms with Crippen molar-refractivity contribution in [1.29, 1.82) is 0 Å². The summed E-state index contributed by atoms with van der Waals surface area (Å²) in [7, 11) is 0. The molecule has 1 unspecified atom stereocenters. The van der Waals surface area contributed by atoms with Gasteiger partial charge in [-0.1, -0.05) is 61.4 Å². The van der Waals surface area contributed by atoms with Crippen LogP contribution >= 0.6 is 0 Å². The molecule has 2 aromatic carbocycles. The van der Waals surface area contributed by atoms with Gasteiger partial charge in [0, 0.05) is 31.8 Å². The van der Waals surface area contributed by atoms with Crippen LogP contribution in [0.15, 0.2) is 48.5 Å². The van der Waals surface area contributed by atoms with Crippen LogP contribution < -0.4 is 5.32 Å². The second-order valence-corrected chi connectivity index (χ2v) is 9.86. The predicted octanol–water partition coefficient (Wildman–Crippen LogP) is 3.13. The molecule has 1 atom stereocenters. The van der Waals surface area contributed by atoms with Crippen molar-refractivity contribution in [2.45, 2.75) is 49.7 Å². The number of benzene rings is 2. The van der Waals surface area contributed by atoms with Gasteiger partial charge in [-0.2, -0.15) is 0 Å². The van der Waals surface area contributed by atoms with Crippen molar-refractivity contribution in [3.05, 3.63) is 59.7 Å². The maximum Gasteiger partial charge on any atom is 0.407 e. The Bertz CT molecular complexity index is 1090. The molecule has 2 fully saturated rings. The van der Waals surface area contributed by atoms with Gasteiger partial charge < -0.3 is 25.2 Å². The minimum absolute atomic E-state index is 0.0326. The maximum atomic E-state index is 13.2. The summed E-state index contributed by atoms with van der Waals surface area (Å²) in [5, 5.41) is 22.2. The van der Waals surface area contributed by atoms with Crippen molar-refractivity contribution in [1.82, 2.24) is 10.2 Å². The fourth-order valence-electron chi connectivity index (χ4n) is 5.22. The molecule has 1 saturated heterocycles. The lowest BCUT2D eigenvalue weighted by molar-refractivity contribution is -0.165. The third-order valence-corrected chi connectivity index (χ3v) is 7.50. The van der Waals surface area contributed by atoms with Gasteiger partial charge in [-0.3, -0.25) is 4.79 Å². The highest BCUT2D eigenvalue weighted by Crippen LogP contribution is 2.44. The summed E-state index contributed by atoms with van der Waals surface area (Å²) in [6, 6.07) is 15.5. The van der Waals surface area contributed by atoms with Gasteiger partial charge in [0.25, 0.3) is 0 Å². The lowest BCUT2D eigenvalue weighted by Gasteiger charge is -2.37. The predicted molar refractivity (Wildman–Crippen MR) is 128 cm³/mol. The summed E-state index contributed by atoms with van der Waals surface area (Å²) in [4.78, 5) is 38.8. The van der Waals surface area contributed by atoms with Crippen LogP contribution in [0.4, 0.5) is 4.79 Å². The van der Waals surface area contributed by atoms with Gasteiger partial charge in [0.2, 0.25) is 5.91 Å². The van der Waals surface area contributed by atoms with Crippen molar-refractivity contribution in [2.24, 2.45) is 5.92 Å². The maximum absolute atomic E-state index is 13.2. The van der Waals surface area contributed by atoms with Gasteiger partial charge in [0.15, 0.2) is 5.60 Å². The van der Waals surface area contributed by atoms with E-state index in [1.165, 1.54) is 4.90 Å². The Morgan fingerprint density at radius 1 is 1.00 bits per heavy atom. The molecule has 2 aliphatic carbocycles. The first-order valence-corrected chi connectivity index (χ1v) is 12.2. The molecule has 2 aromatic rings. The van der Waals surface area contributed by atoms with E-state index in [4.69, 9.17) is 4.74 Å². The number of aliphatic carboxylic acids is 1. The monoisotopic (exact) mass is 478 g/mol. The molecule has 3 N–H and O–H groups in total. The molecule has 3 aliphatic rings. The number of amides is 2. The molecule has 1 saturated carbocycles. The zero-order valence-electron chi connectivity index (χ0n) is 19.5.